The van der Waals surface area contributed by atoms with Crippen LogP contribution in [0.1, 0.15) is 44.5 Å². The smallest absolute Gasteiger partial charge is 0.110 e. The van der Waals surface area contributed by atoms with Gasteiger partial charge in [-0.15, -0.1) is 0 Å². The molecule has 0 spiro atoms. The summed E-state index contributed by atoms with van der Waals surface area (Å²) in [5.74, 6) is 1.01. The van der Waals surface area contributed by atoms with Crippen LogP contribution in [0.3, 0.4) is 0 Å². The summed E-state index contributed by atoms with van der Waals surface area (Å²) in [4.78, 5) is 0. The maximum Gasteiger partial charge on any atom is 0.110 e. The molecule has 0 aliphatic rings. The Balaban J connectivity index is 2.97. The van der Waals surface area contributed by atoms with Crippen molar-refractivity contribution in [1.82, 2.24) is 15.4 Å². The van der Waals surface area contributed by atoms with E-state index in [2.05, 4.69) is 36.2 Å². The van der Waals surface area contributed by atoms with Crippen LogP contribution in [0, 0.1) is 5.92 Å². The third-order valence-electron chi connectivity index (χ3n) is 2.45. The van der Waals surface area contributed by atoms with Crippen molar-refractivity contribution in [1.29, 1.82) is 0 Å². The van der Waals surface area contributed by atoms with E-state index < -0.39 is 0 Å². The van der Waals surface area contributed by atoms with Gasteiger partial charge in [-0.1, -0.05) is 20.8 Å². The highest BCUT2D eigenvalue weighted by Crippen LogP contribution is 2.27. The SMILES string of the molecule is CCC(c1n[nH]nc1/C=C\N)C(C)C. The molecule has 0 aliphatic carbocycles. The van der Waals surface area contributed by atoms with Crippen molar-refractivity contribution >= 4 is 6.08 Å². The molecule has 1 heterocycles. The molecule has 4 nitrogen and oxygen atoms in total. The molecule has 0 fully saturated rings. The summed E-state index contributed by atoms with van der Waals surface area (Å²) in [6.45, 7) is 6.55. The molecule has 0 saturated heterocycles. The highest BCUT2D eigenvalue weighted by molar-refractivity contribution is 5.46. The summed E-state index contributed by atoms with van der Waals surface area (Å²) >= 11 is 0. The van der Waals surface area contributed by atoms with E-state index >= 15 is 0 Å². The Bertz CT molecular complexity index is 301. The van der Waals surface area contributed by atoms with E-state index in [1.165, 1.54) is 6.20 Å². The molecule has 14 heavy (non-hydrogen) atoms. The zero-order valence-corrected chi connectivity index (χ0v) is 8.99. The Morgan fingerprint density at radius 2 is 2.14 bits per heavy atom. The van der Waals surface area contributed by atoms with Crippen LogP contribution in [-0.4, -0.2) is 15.4 Å². The minimum atomic E-state index is 0.444. The molecule has 3 N–H and O–H groups in total. The van der Waals surface area contributed by atoms with Crippen molar-refractivity contribution in [3.8, 4) is 0 Å². The first-order chi connectivity index (χ1) is 6.70. The maximum atomic E-state index is 5.34. The lowest BCUT2D eigenvalue weighted by atomic mass is 9.89. The Kier molecular flexibility index (Phi) is 3.68. The first-order valence-corrected chi connectivity index (χ1v) is 4.99. The quantitative estimate of drug-likeness (QED) is 0.769. The fourth-order valence-corrected chi connectivity index (χ4v) is 1.71. The van der Waals surface area contributed by atoms with Crippen molar-refractivity contribution < 1.29 is 0 Å². The Hall–Kier alpha value is -1.32. The van der Waals surface area contributed by atoms with Gasteiger partial charge in [0.2, 0.25) is 0 Å². The molecule has 1 aromatic rings. The summed E-state index contributed by atoms with van der Waals surface area (Å²) in [7, 11) is 0. The van der Waals surface area contributed by atoms with Gasteiger partial charge < -0.3 is 5.73 Å². The summed E-state index contributed by atoms with van der Waals surface area (Å²) in [5.41, 5.74) is 7.22. The van der Waals surface area contributed by atoms with E-state index in [4.69, 9.17) is 5.73 Å². The van der Waals surface area contributed by atoms with Gasteiger partial charge in [-0.05, 0) is 24.6 Å². The number of hydrogen-bond donors (Lipinski definition) is 2. The number of nitrogens with two attached hydrogens (primary N) is 1. The lowest BCUT2D eigenvalue weighted by Crippen LogP contribution is -2.07. The number of aromatic nitrogens is 3. The van der Waals surface area contributed by atoms with Crippen LogP contribution in [0.15, 0.2) is 6.20 Å². The van der Waals surface area contributed by atoms with Crippen molar-refractivity contribution in [2.75, 3.05) is 0 Å². The minimum absolute atomic E-state index is 0.444. The summed E-state index contributed by atoms with van der Waals surface area (Å²) < 4.78 is 0. The molecule has 0 amide bonds. The number of nitrogens with one attached hydrogen (secondary N) is 1. The predicted octanol–water partition coefficient (Wildman–Crippen LogP) is 1.88. The van der Waals surface area contributed by atoms with Gasteiger partial charge in [-0.25, -0.2) is 0 Å². The third kappa shape index (κ3) is 2.13. The van der Waals surface area contributed by atoms with E-state index in [0.29, 0.717) is 11.8 Å². The van der Waals surface area contributed by atoms with Crippen LogP contribution in [-0.2, 0) is 0 Å². The van der Waals surface area contributed by atoms with Crippen LogP contribution < -0.4 is 5.73 Å². The van der Waals surface area contributed by atoms with E-state index in [-0.39, 0.29) is 0 Å². The fourth-order valence-electron chi connectivity index (χ4n) is 1.71. The maximum absolute atomic E-state index is 5.34. The second-order valence-electron chi connectivity index (χ2n) is 3.71. The molecule has 1 unspecified atom stereocenters. The lowest BCUT2D eigenvalue weighted by Gasteiger charge is -2.16. The average molecular weight is 194 g/mol. The predicted molar refractivity (Wildman–Crippen MR) is 57.5 cm³/mol. The highest BCUT2D eigenvalue weighted by Gasteiger charge is 2.19. The van der Waals surface area contributed by atoms with Crippen LogP contribution in [0.25, 0.3) is 6.08 Å². The van der Waals surface area contributed by atoms with Crippen molar-refractivity contribution in [2.45, 2.75) is 33.1 Å². The van der Waals surface area contributed by atoms with Crippen molar-refractivity contribution in [2.24, 2.45) is 11.7 Å². The van der Waals surface area contributed by atoms with Gasteiger partial charge in [-0.3, -0.25) is 0 Å². The first kappa shape index (κ1) is 10.8. The van der Waals surface area contributed by atoms with Crippen molar-refractivity contribution in [3.05, 3.63) is 17.6 Å². The number of H-pyrrole nitrogens is 1. The molecule has 4 heteroatoms. The van der Waals surface area contributed by atoms with Crippen molar-refractivity contribution in [3.63, 3.8) is 0 Å². The highest BCUT2D eigenvalue weighted by atomic mass is 15.3. The minimum Gasteiger partial charge on any atom is -0.405 e. The standard InChI is InChI=1S/C10H18N4/c1-4-8(7(2)3)10-9(5-6-11)12-14-13-10/h5-8H,4,11H2,1-3H3,(H,12,13,14)/b6-5-. The molecule has 0 aromatic carbocycles. The lowest BCUT2D eigenvalue weighted by molar-refractivity contribution is 0.473. The molecule has 1 rings (SSSR count). The van der Waals surface area contributed by atoms with Gasteiger partial charge in [-0.2, -0.15) is 15.4 Å². The summed E-state index contributed by atoms with van der Waals surface area (Å²) in [6.07, 6.45) is 4.34. The van der Waals surface area contributed by atoms with Crippen LogP contribution in [0.5, 0.6) is 0 Å². The summed E-state index contributed by atoms with van der Waals surface area (Å²) in [5, 5.41) is 10.9. The van der Waals surface area contributed by atoms with E-state index in [9.17, 15) is 0 Å². The topological polar surface area (TPSA) is 67.6 Å². The number of rotatable bonds is 4. The van der Waals surface area contributed by atoms with E-state index in [1.807, 2.05) is 0 Å². The van der Waals surface area contributed by atoms with Crippen LogP contribution >= 0.6 is 0 Å². The first-order valence-electron chi connectivity index (χ1n) is 4.99. The third-order valence-corrected chi connectivity index (χ3v) is 2.45. The van der Waals surface area contributed by atoms with Gasteiger partial charge in [0, 0.05) is 5.92 Å². The Morgan fingerprint density at radius 3 is 2.64 bits per heavy atom. The fraction of sp³-hybridized carbons (Fsp3) is 0.600. The molecule has 0 bridgehead atoms. The molecular formula is C10H18N4. The number of nitrogens with zero attached hydrogens (tertiary/aromatic N) is 2. The zero-order valence-electron chi connectivity index (χ0n) is 8.99. The zero-order chi connectivity index (χ0) is 10.6. The molecule has 0 aliphatic heterocycles. The van der Waals surface area contributed by atoms with Gasteiger partial charge in [0.25, 0.3) is 0 Å². The number of aromatic amines is 1. The van der Waals surface area contributed by atoms with Crippen LogP contribution in [0.4, 0.5) is 0 Å². The molecule has 78 valence electrons. The second kappa shape index (κ2) is 4.79. The van der Waals surface area contributed by atoms with Gasteiger partial charge in [0.1, 0.15) is 5.69 Å². The second-order valence-corrected chi connectivity index (χ2v) is 3.71. The molecule has 0 radical (unpaired) electrons. The Labute approximate surface area is 84.6 Å². The normalized spacial score (nSPS) is 14.0. The van der Waals surface area contributed by atoms with Gasteiger partial charge in [0.05, 0.1) is 5.69 Å². The molecular weight excluding hydrogens is 176 g/mol. The molecule has 0 saturated carbocycles. The molecule has 1 aromatic heterocycles. The molecule has 1 atom stereocenters. The summed E-state index contributed by atoms with van der Waals surface area (Å²) in [6, 6.07) is 0. The average Bonchev–Trinajstić information content (AvgIpc) is 2.55. The van der Waals surface area contributed by atoms with Crippen LogP contribution in [0.2, 0.25) is 0 Å². The largest absolute Gasteiger partial charge is 0.405 e. The Morgan fingerprint density at radius 1 is 1.43 bits per heavy atom. The van der Waals surface area contributed by atoms with Gasteiger partial charge >= 0.3 is 0 Å². The van der Waals surface area contributed by atoms with Gasteiger partial charge in [0.15, 0.2) is 0 Å². The monoisotopic (exact) mass is 194 g/mol. The number of hydrogen-bond acceptors (Lipinski definition) is 3. The van der Waals surface area contributed by atoms with E-state index in [0.717, 1.165) is 17.8 Å². The van der Waals surface area contributed by atoms with E-state index in [1.54, 1.807) is 6.08 Å².